The van der Waals surface area contributed by atoms with E-state index in [0.29, 0.717) is 13.1 Å². The highest BCUT2D eigenvalue weighted by Gasteiger charge is 2.02. The van der Waals surface area contributed by atoms with Gasteiger partial charge < -0.3 is 10.6 Å². The van der Waals surface area contributed by atoms with Crippen molar-refractivity contribution in [2.24, 2.45) is 0 Å². The van der Waals surface area contributed by atoms with Gasteiger partial charge in [0.2, 0.25) is 5.91 Å². The Hall–Kier alpha value is -2.11. The highest BCUT2D eigenvalue weighted by atomic mass is 16.6. The van der Waals surface area contributed by atoms with Crippen molar-refractivity contribution in [3.8, 4) is 0 Å². The first-order valence-electron chi connectivity index (χ1n) is 4.82. The van der Waals surface area contributed by atoms with E-state index in [-0.39, 0.29) is 11.6 Å². The van der Waals surface area contributed by atoms with E-state index in [4.69, 9.17) is 0 Å². The number of carbonyl (C=O) groups is 1. The van der Waals surface area contributed by atoms with Crippen LogP contribution >= 0.6 is 0 Å². The van der Waals surface area contributed by atoms with Crippen molar-refractivity contribution in [3.05, 3.63) is 34.4 Å². The monoisotopic (exact) mass is 223 g/mol. The van der Waals surface area contributed by atoms with Crippen LogP contribution in [0.25, 0.3) is 0 Å². The van der Waals surface area contributed by atoms with Crippen molar-refractivity contribution in [3.63, 3.8) is 0 Å². The van der Waals surface area contributed by atoms with Crippen molar-refractivity contribution in [2.45, 2.75) is 6.92 Å². The Labute approximate surface area is 92.8 Å². The van der Waals surface area contributed by atoms with E-state index in [1.807, 2.05) is 0 Å². The molecule has 0 heterocycles. The summed E-state index contributed by atoms with van der Waals surface area (Å²) in [5.74, 6) is -0.0782. The van der Waals surface area contributed by atoms with Gasteiger partial charge in [-0.15, -0.1) is 0 Å². The lowest BCUT2D eigenvalue weighted by atomic mass is 10.3. The van der Waals surface area contributed by atoms with E-state index in [9.17, 15) is 14.9 Å². The maximum absolute atomic E-state index is 10.6. The number of nitrogens with one attached hydrogen (secondary N) is 2. The molecule has 0 unspecified atom stereocenters. The van der Waals surface area contributed by atoms with Crippen molar-refractivity contribution in [2.75, 3.05) is 18.4 Å². The van der Waals surface area contributed by atoms with Gasteiger partial charge >= 0.3 is 0 Å². The summed E-state index contributed by atoms with van der Waals surface area (Å²) >= 11 is 0. The molecule has 16 heavy (non-hydrogen) atoms. The fourth-order valence-electron chi connectivity index (χ4n) is 1.15. The lowest BCUT2D eigenvalue weighted by molar-refractivity contribution is -0.384. The summed E-state index contributed by atoms with van der Waals surface area (Å²) in [5.41, 5.74) is 0.850. The van der Waals surface area contributed by atoms with Crippen LogP contribution < -0.4 is 10.6 Å². The van der Waals surface area contributed by atoms with Crippen LogP contribution in [0, 0.1) is 10.1 Å². The Balaban J connectivity index is 2.38. The molecule has 0 atom stereocenters. The number of amides is 1. The molecule has 86 valence electrons. The number of nitro benzene ring substituents is 1. The number of benzene rings is 1. The molecule has 2 N–H and O–H groups in total. The second kappa shape index (κ2) is 5.69. The lowest BCUT2D eigenvalue weighted by Gasteiger charge is -2.06. The molecule has 0 bridgehead atoms. The Morgan fingerprint density at radius 2 is 1.94 bits per heavy atom. The van der Waals surface area contributed by atoms with Crippen molar-refractivity contribution in [1.29, 1.82) is 0 Å². The van der Waals surface area contributed by atoms with E-state index < -0.39 is 4.92 Å². The second-order valence-electron chi connectivity index (χ2n) is 3.21. The van der Waals surface area contributed by atoms with E-state index in [1.165, 1.54) is 19.1 Å². The molecule has 0 aromatic heterocycles. The van der Waals surface area contributed by atoms with Gasteiger partial charge in [0.15, 0.2) is 0 Å². The quantitative estimate of drug-likeness (QED) is 0.445. The van der Waals surface area contributed by atoms with E-state index >= 15 is 0 Å². The Morgan fingerprint density at radius 3 is 2.44 bits per heavy atom. The molecule has 1 amide bonds. The second-order valence-corrected chi connectivity index (χ2v) is 3.21. The average Bonchev–Trinajstić information content (AvgIpc) is 2.25. The molecule has 0 radical (unpaired) electrons. The van der Waals surface area contributed by atoms with Crippen LogP contribution in [0.1, 0.15) is 6.92 Å². The smallest absolute Gasteiger partial charge is 0.269 e. The molecule has 0 fully saturated rings. The first kappa shape index (κ1) is 12.0. The van der Waals surface area contributed by atoms with Gasteiger partial charge in [-0.05, 0) is 12.1 Å². The maximum atomic E-state index is 10.6. The predicted molar refractivity (Wildman–Crippen MR) is 60.3 cm³/mol. The first-order chi connectivity index (χ1) is 7.59. The molecule has 1 aromatic rings. The molecule has 0 spiro atoms. The van der Waals surface area contributed by atoms with Crippen LogP contribution in [0.3, 0.4) is 0 Å². The normalized spacial score (nSPS) is 9.56. The summed E-state index contributed by atoms with van der Waals surface area (Å²) < 4.78 is 0. The highest BCUT2D eigenvalue weighted by molar-refractivity contribution is 5.72. The first-order valence-corrected chi connectivity index (χ1v) is 4.82. The van der Waals surface area contributed by atoms with Crippen LogP contribution in [0.4, 0.5) is 11.4 Å². The zero-order valence-corrected chi connectivity index (χ0v) is 8.90. The number of hydrogen-bond acceptors (Lipinski definition) is 4. The number of anilines is 1. The number of non-ortho nitro benzene ring substituents is 1. The minimum Gasteiger partial charge on any atom is -0.383 e. The average molecular weight is 223 g/mol. The van der Waals surface area contributed by atoms with Crippen molar-refractivity contribution < 1.29 is 9.72 Å². The molecular weight excluding hydrogens is 210 g/mol. The molecule has 6 heteroatoms. The Kier molecular flexibility index (Phi) is 4.26. The van der Waals surface area contributed by atoms with E-state index in [0.717, 1.165) is 5.69 Å². The molecule has 0 aliphatic heterocycles. The molecular formula is C10H13N3O3. The number of rotatable bonds is 5. The minimum absolute atomic E-state index is 0.0624. The van der Waals surface area contributed by atoms with Gasteiger partial charge in [-0.2, -0.15) is 0 Å². The van der Waals surface area contributed by atoms with Crippen molar-refractivity contribution >= 4 is 17.3 Å². The van der Waals surface area contributed by atoms with Gasteiger partial charge in [0.25, 0.3) is 5.69 Å². The molecule has 6 nitrogen and oxygen atoms in total. The Morgan fingerprint density at radius 1 is 1.31 bits per heavy atom. The standard InChI is InChI=1S/C10H13N3O3/c1-8(14)11-6-7-12-9-2-4-10(5-3-9)13(15)16/h2-5,12H,6-7H2,1H3,(H,11,14). The largest absolute Gasteiger partial charge is 0.383 e. The molecule has 1 aromatic carbocycles. The van der Waals surface area contributed by atoms with Crippen molar-refractivity contribution in [1.82, 2.24) is 5.32 Å². The van der Waals surface area contributed by atoms with Crippen LogP contribution in [-0.4, -0.2) is 23.9 Å². The summed E-state index contributed by atoms with van der Waals surface area (Å²) in [7, 11) is 0. The highest BCUT2D eigenvalue weighted by Crippen LogP contribution is 2.14. The van der Waals surface area contributed by atoms with Gasteiger partial charge in [-0.3, -0.25) is 14.9 Å². The number of carbonyl (C=O) groups excluding carboxylic acids is 1. The third kappa shape index (κ3) is 3.95. The van der Waals surface area contributed by atoms with Gasteiger partial charge in [0, 0.05) is 37.8 Å². The van der Waals surface area contributed by atoms with Gasteiger partial charge in [0.05, 0.1) is 4.92 Å². The number of nitro groups is 1. The summed E-state index contributed by atoms with van der Waals surface area (Å²) in [6.07, 6.45) is 0. The van der Waals surface area contributed by atoms with E-state index in [1.54, 1.807) is 12.1 Å². The summed E-state index contributed by atoms with van der Waals surface area (Å²) in [5, 5.41) is 16.0. The molecule has 0 aliphatic rings. The molecule has 0 saturated heterocycles. The minimum atomic E-state index is -0.443. The van der Waals surface area contributed by atoms with Crippen LogP contribution in [0.15, 0.2) is 24.3 Å². The lowest BCUT2D eigenvalue weighted by Crippen LogP contribution is -2.26. The third-order valence-corrected chi connectivity index (χ3v) is 1.91. The van der Waals surface area contributed by atoms with Gasteiger partial charge in [-0.1, -0.05) is 0 Å². The molecule has 0 aliphatic carbocycles. The van der Waals surface area contributed by atoms with Gasteiger partial charge in [-0.25, -0.2) is 0 Å². The predicted octanol–water partition coefficient (Wildman–Crippen LogP) is 1.14. The summed E-state index contributed by atoms with van der Waals surface area (Å²) in [6, 6.07) is 6.12. The van der Waals surface area contributed by atoms with Crippen LogP contribution in [-0.2, 0) is 4.79 Å². The number of nitrogens with zero attached hydrogens (tertiary/aromatic N) is 1. The maximum Gasteiger partial charge on any atom is 0.269 e. The zero-order chi connectivity index (χ0) is 12.0. The number of hydrogen-bond donors (Lipinski definition) is 2. The zero-order valence-electron chi connectivity index (χ0n) is 8.90. The van der Waals surface area contributed by atoms with Gasteiger partial charge in [0.1, 0.15) is 0 Å². The summed E-state index contributed by atoms with van der Waals surface area (Å²) in [6.45, 7) is 2.55. The van der Waals surface area contributed by atoms with Crippen LogP contribution in [0.2, 0.25) is 0 Å². The third-order valence-electron chi connectivity index (χ3n) is 1.91. The SMILES string of the molecule is CC(=O)NCCNc1ccc([N+](=O)[O-])cc1. The topological polar surface area (TPSA) is 84.3 Å². The fraction of sp³-hybridized carbons (Fsp3) is 0.300. The Bertz CT molecular complexity index is 375. The molecule has 1 rings (SSSR count). The van der Waals surface area contributed by atoms with E-state index in [2.05, 4.69) is 10.6 Å². The summed E-state index contributed by atoms with van der Waals surface area (Å²) in [4.78, 5) is 20.5. The fourth-order valence-corrected chi connectivity index (χ4v) is 1.15. The van der Waals surface area contributed by atoms with Crippen LogP contribution in [0.5, 0.6) is 0 Å². The molecule has 0 saturated carbocycles.